The van der Waals surface area contributed by atoms with E-state index in [4.69, 9.17) is 10.5 Å². The number of phenolic OH excluding ortho intramolecular Hbond substituents is 1. The first-order valence-electron chi connectivity index (χ1n) is 6.74. The standard InChI is InChI=1S/C16H14N4O3/c1-3-8-4-9(14(21)12(5-8)23-2)13-10(6-17)15(19)20-16(22)11(13)7-18/h4-5,21H,3H2,1-2H3,(H3,19,20,22). The molecule has 7 heteroatoms. The van der Waals surface area contributed by atoms with Gasteiger partial charge in [0.15, 0.2) is 11.5 Å². The Kier molecular flexibility index (Phi) is 4.24. The number of benzene rings is 1. The maximum atomic E-state index is 12.0. The molecule has 1 heterocycles. The molecule has 0 aliphatic rings. The van der Waals surface area contributed by atoms with Gasteiger partial charge in [0.2, 0.25) is 0 Å². The van der Waals surface area contributed by atoms with E-state index in [1.807, 2.05) is 13.0 Å². The molecule has 116 valence electrons. The first kappa shape index (κ1) is 15.9. The minimum absolute atomic E-state index is 0.00218. The Morgan fingerprint density at radius 2 is 1.96 bits per heavy atom. The van der Waals surface area contributed by atoms with Crippen LogP contribution in [-0.2, 0) is 6.42 Å². The second kappa shape index (κ2) is 6.12. The van der Waals surface area contributed by atoms with E-state index in [-0.39, 0.29) is 39.6 Å². The largest absolute Gasteiger partial charge is 0.504 e. The number of aromatic nitrogens is 1. The van der Waals surface area contributed by atoms with Crippen LogP contribution in [0.1, 0.15) is 23.6 Å². The zero-order valence-corrected chi connectivity index (χ0v) is 12.6. The number of nitrogens with one attached hydrogen (secondary N) is 1. The molecule has 0 spiro atoms. The molecule has 23 heavy (non-hydrogen) atoms. The van der Waals surface area contributed by atoms with Gasteiger partial charge >= 0.3 is 0 Å². The van der Waals surface area contributed by atoms with Gasteiger partial charge in [-0.25, -0.2) is 0 Å². The quantitative estimate of drug-likeness (QED) is 0.788. The fourth-order valence-corrected chi connectivity index (χ4v) is 2.33. The number of phenols is 1. The maximum absolute atomic E-state index is 12.0. The summed E-state index contributed by atoms with van der Waals surface area (Å²) >= 11 is 0. The Morgan fingerprint density at radius 3 is 2.48 bits per heavy atom. The van der Waals surface area contributed by atoms with Crippen LogP contribution in [0.5, 0.6) is 11.5 Å². The predicted octanol–water partition coefficient (Wildman–Crippen LogP) is 1.64. The first-order valence-corrected chi connectivity index (χ1v) is 6.74. The molecule has 1 aromatic heterocycles. The number of pyridine rings is 1. The molecule has 1 aromatic carbocycles. The van der Waals surface area contributed by atoms with Crippen LogP contribution in [0.15, 0.2) is 16.9 Å². The maximum Gasteiger partial charge on any atom is 0.268 e. The number of hydrogen-bond acceptors (Lipinski definition) is 6. The lowest BCUT2D eigenvalue weighted by molar-refractivity contribution is 0.374. The molecule has 0 amide bonds. The number of hydrogen-bond donors (Lipinski definition) is 3. The van der Waals surface area contributed by atoms with Crippen LogP contribution in [0.25, 0.3) is 11.1 Å². The summed E-state index contributed by atoms with van der Waals surface area (Å²) in [7, 11) is 1.39. The van der Waals surface area contributed by atoms with Crippen molar-refractivity contribution >= 4 is 5.82 Å². The highest BCUT2D eigenvalue weighted by atomic mass is 16.5. The zero-order valence-electron chi connectivity index (χ0n) is 12.6. The Labute approximate surface area is 132 Å². The summed E-state index contributed by atoms with van der Waals surface area (Å²) < 4.78 is 5.12. The highest BCUT2D eigenvalue weighted by molar-refractivity contribution is 5.85. The number of anilines is 1. The Balaban J connectivity index is 3.01. The van der Waals surface area contributed by atoms with Crippen molar-refractivity contribution in [3.8, 4) is 34.8 Å². The summed E-state index contributed by atoms with van der Waals surface area (Å²) in [6.45, 7) is 1.90. The van der Waals surface area contributed by atoms with Crippen LogP contribution in [-0.4, -0.2) is 17.2 Å². The van der Waals surface area contributed by atoms with Gasteiger partial charge < -0.3 is 20.6 Å². The molecule has 0 fully saturated rings. The van der Waals surface area contributed by atoms with Crippen LogP contribution in [0, 0.1) is 22.7 Å². The summed E-state index contributed by atoms with van der Waals surface area (Å²) in [6.07, 6.45) is 0.631. The second-order valence-corrected chi connectivity index (χ2v) is 4.76. The molecule has 0 atom stereocenters. The normalized spacial score (nSPS) is 9.91. The summed E-state index contributed by atoms with van der Waals surface area (Å²) in [4.78, 5) is 14.2. The smallest absolute Gasteiger partial charge is 0.268 e. The zero-order chi connectivity index (χ0) is 17.1. The number of ether oxygens (including phenoxy) is 1. The second-order valence-electron chi connectivity index (χ2n) is 4.76. The number of aryl methyl sites for hydroxylation is 1. The van der Waals surface area contributed by atoms with E-state index in [0.29, 0.717) is 6.42 Å². The van der Waals surface area contributed by atoms with E-state index in [9.17, 15) is 20.4 Å². The molecule has 2 aromatic rings. The Hall–Kier alpha value is -3.45. The molecule has 2 rings (SSSR count). The van der Waals surface area contributed by atoms with Crippen molar-refractivity contribution in [2.75, 3.05) is 12.8 Å². The van der Waals surface area contributed by atoms with Gasteiger partial charge in [-0.05, 0) is 24.1 Å². The summed E-state index contributed by atoms with van der Waals surface area (Å²) in [6, 6.07) is 6.88. The molecule has 7 nitrogen and oxygen atoms in total. The van der Waals surface area contributed by atoms with Gasteiger partial charge in [-0.2, -0.15) is 10.5 Å². The van der Waals surface area contributed by atoms with E-state index in [1.165, 1.54) is 7.11 Å². The van der Waals surface area contributed by atoms with Crippen LogP contribution in [0.2, 0.25) is 0 Å². The van der Waals surface area contributed by atoms with Gasteiger partial charge in [0.1, 0.15) is 29.1 Å². The molecule has 0 radical (unpaired) electrons. The molecule has 0 aliphatic carbocycles. The lowest BCUT2D eigenvalue weighted by Crippen LogP contribution is -2.16. The molecule has 0 unspecified atom stereocenters. The van der Waals surface area contributed by atoms with Crippen LogP contribution in [0.4, 0.5) is 5.82 Å². The minimum atomic E-state index is -0.723. The molecular weight excluding hydrogens is 296 g/mol. The first-order chi connectivity index (χ1) is 11.0. The number of nitrogens with two attached hydrogens (primary N) is 1. The lowest BCUT2D eigenvalue weighted by Gasteiger charge is -2.14. The average Bonchev–Trinajstić information content (AvgIpc) is 2.54. The third kappa shape index (κ3) is 2.56. The van der Waals surface area contributed by atoms with E-state index < -0.39 is 5.56 Å². The van der Waals surface area contributed by atoms with E-state index in [0.717, 1.165) is 5.56 Å². The summed E-state index contributed by atoms with van der Waals surface area (Å²) in [5.41, 5.74) is 5.56. The van der Waals surface area contributed by atoms with Crippen molar-refractivity contribution in [3.05, 3.63) is 39.2 Å². The van der Waals surface area contributed by atoms with Gasteiger partial charge in [0.25, 0.3) is 5.56 Å². The molecule has 0 saturated carbocycles. The third-order valence-corrected chi connectivity index (χ3v) is 3.50. The van der Waals surface area contributed by atoms with Gasteiger partial charge in [-0.3, -0.25) is 4.79 Å². The van der Waals surface area contributed by atoms with E-state index >= 15 is 0 Å². The third-order valence-electron chi connectivity index (χ3n) is 3.50. The minimum Gasteiger partial charge on any atom is -0.504 e. The number of aromatic hydroxyl groups is 1. The molecule has 0 saturated heterocycles. The average molecular weight is 310 g/mol. The predicted molar refractivity (Wildman–Crippen MR) is 83.9 cm³/mol. The topological polar surface area (TPSA) is 136 Å². The number of rotatable bonds is 3. The SMILES string of the molecule is CCc1cc(OC)c(O)c(-c2c(C#N)c(N)[nH]c(=O)c2C#N)c1. The van der Waals surface area contributed by atoms with Crippen molar-refractivity contribution in [3.63, 3.8) is 0 Å². The Morgan fingerprint density at radius 1 is 1.30 bits per heavy atom. The lowest BCUT2D eigenvalue weighted by atomic mass is 9.93. The number of H-pyrrole nitrogens is 1. The number of nitrogen functional groups attached to an aromatic ring is 1. The van der Waals surface area contributed by atoms with Crippen molar-refractivity contribution in [1.82, 2.24) is 4.98 Å². The number of methoxy groups -OCH3 is 1. The van der Waals surface area contributed by atoms with Gasteiger partial charge in [0.05, 0.1) is 7.11 Å². The Bertz CT molecular complexity index is 917. The van der Waals surface area contributed by atoms with E-state index in [2.05, 4.69) is 4.98 Å². The summed E-state index contributed by atoms with van der Waals surface area (Å²) in [5, 5.41) is 29.0. The van der Waals surface area contributed by atoms with Crippen molar-refractivity contribution in [2.45, 2.75) is 13.3 Å². The van der Waals surface area contributed by atoms with Crippen molar-refractivity contribution in [2.24, 2.45) is 0 Å². The van der Waals surface area contributed by atoms with Crippen molar-refractivity contribution < 1.29 is 9.84 Å². The van der Waals surface area contributed by atoms with E-state index in [1.54, 1.807) is 18.2 Å². The number of aromatic amines is 1. The van der Waals surface area contributed by atoms with Gasteiger partial charge in [-0.15, -0.1) is 0 Å². The van der Waals surface area contributed by atoms with Crippen LogP contribution < -0.4 is 16.0 Å². The number of nitrogens with zero attached hydrogens (tertiary/aromatic N) is 2. The number of nitriles is 2. The molecule has 4 N–H and O–H groups in total. The fraction of sp³-hybridized carbons (Fsp3) is 0.188. The molecule has 0 bridgehead atoms. The molecule has 0 aliphatic heterocycles. The fourth-order valence-electron chi connectivity index (χ4n) is 2.33. The summed E-state index contributed by atoms with van der Waals surface area (Å²) in [5.74, 6) is -0.236. The van der Waals surface area contributed by atoms with Crippen LogP contribution in [0.3, 0.4) is 0 Å². The van der Waals surface area contributed by atoms with Crippen LogP contribution >= 0.6 is 0 Å². The van der Waals surface area contributed by atoms with Gasteiger partial charge in [-0.1, -0.05) is 6.92 Å². The van der Waals surface area contributed by atoms with Gasteiger partial charge in [0, 0.05) is 11.1 Å². The molecular formula is C16H14N4O3. The highest BCUT2D eigenvalue weighted by Crippen LogP contribution is 2.41. The monoisotopic (exact) mass is 310 g/mol. The van der Waals surface area contributed by atoms with Crippen molar-refractivity contribution in [1.29, 1.82) is 10.5 Å². The highest BCUT2D eigenvalue weighted by Gasteiger charge is 2.22.